The summed E-state index contributed by atoms with van der Waals surface area (Å²) in [7, 11) is 0. The molecule has 0 aliphatic carbocycles. The molecule has 0 aliphatic heterocycles. The van der Waals surface area contributed by atoms with E-state index < -0.39 is 0 Å². The van der Waals surface area contributed by atoms with Gasteiger partial charge in [-0.2, -0.15) is 0 Å². The van der Waals surface area contributed by atoms with Gasteiger partial charge in [-0.05, 0) is 12.1 Å². The summed E-state index contributed by atoms with van der Waals surface area (Å²) in [6.07, 6.45) is 1.79. The number of thiazole rings is 1. The fraction of sp³-hybridized carbons (Fsp3) is 0.400. The van der Waals surface area contributed by atoms with Crippen LogP contribution in [0, 0.1) is 0 Å². The topological polar surface area (TPSA) is 51.8 Å². The van der Waals surface area contributed by atoms with Crippen LogP contribution in [-0.2, 0) is 5.41 Å². The van der Waals surface area contributed by atoms with E-state index in [4.69, 9.17) is 5.73 Å². The third-order valence-electron chi connectivity index (χ3n) is 2.26. The van der Waals surface area contributed by atoms with E-state index in [1.807, 2.05) is 12.1 Å². The number of nitrogens with zero attached hydrogens (tertiary/aromatic N) is 2. The number of nitrogens with two attached hydrogens (primary N) is 1. The Bertz CT molecular complexity index is 414. The summed E-state index contributed by atoms with van der Waals surface area (Å²) in [4.78, 5) is 9.79. The van der Waals surface area contributed by atoms with E-state index >= 15 is 0 Å². The Hall–Kier alpha value is -1.00. The van der Waals surface area contributed by atoms with E-state index in [1.165, 1.54) is 0 Å². The standard InChI is InChI=1S/C10H13N3S/c1-10(2,6-11)9-13-7-4-3-5-12-8(7)14-9/h3-5H,6,11H2,1-2H3. The predicted molar refractivity (Wildman–Crippen MR) is 59.5 cm³/mol. The molecule has 3 nitrogen and oxygen atoms in total. The minimum absolute atomic E-state index is 0.0502. The first-order valence-electron chi connectivity index (χ1n) is 4.55. The van der Waals surface area contributed by atoms with Crippen molar-refractivity contribution in [1.82, 2.24) is 9.97 Å². The van der Waals surface area contributed by atoms with Gasteiger partial charge in [0.2, 0.25) is 0 Å². The monoisotopic (exact) mass is 207 g/mol. The number of hydrogen-bond acceptors (Lipinski definition) is 4. The number of hydrogen-bond donors (Lipinski definition) is 1. The van der Waals surface area contributed by atoms with E-state index in [1.54, 1.807) is 17.5 Å². The zero-order valence-electron chi connectivity index (χ0n) is 8.32. The predicted octanol–water partition coefficient (Wildman–Crippen LogP) is 1.93. The van der Waals surface area contributed by atoms with Crippen molar-refractivity contribution in [3.05, 3.63) is 23.3 Å². The highest BCUT2D eigenvalue weighted by atomic mass is 32.1. The maximum Gasteiger partial charge on any atom is 0.143 e. The van der Waals surface area contributed by atoms with Gasteiger partial charge in [-0.3, -0.25) is 0 Å². The van der Waals surface area contributed by atoms with E-state index in [0.717, 1.165) is 15.4 Å². The van der Waals surface area contributed by atoms with Crippen molar-refractivity contribution < 1.29 is 0 Å². The van der Waals surface area contributed by atoms with Crippen LogP contribution in [0.4, 0.5) is 0 Å². The molecule has 0 unspecified atom stereocenters. The van der Waals surface area contributed by atoms with Gasteiger partial charge in [-0.15, -0.1) is 0 Å². The molecule has 0 saturated carbocycles. The SMILES string of the molecule is CC(C)(CN)c1nc2cccnc2s1. The quantitative estimate of drug-likeness (QED) is 0.818. The number of aromatic nitrogens is 2. The molecular formula is C10H13N3S. The highest BCUT2D eigenvalue weighted by molar-refractivity contribution is 7.18. The van der Waals surface area contributed by atoms with E-state index in [0.29, 0.717) is 6.54 Å². The third kappa shape index (κ3) is 1.51. The van der Waals surface area contributed by atoms with Gasteiger partial charge in [0.15, 0.2) is 0 Å². The van der Waals surface area contributed by atoms with Crippen molar-refractivity contribution in [2.45, 2.75) is 19.3 Å². The molecule has 0 aromatic carbocycles. The molecule has 4 heteroatoms. The second-order valence-electron chi connectivity index (χ2n) is 3.93. The molecule has 0 aliphatic rings. The molecule has 2 N–H and O–H groups in total. The minimum Gasteiger partial charge on any atom is -0.330 e. The van der Waals surface area contributed by atoms with Gasteiger partial charge >= 0.3 is 0 Å². The van der Waals surface area contributed by atoms with Gasteiger partial charge in [-0.1, -0.05) is 25.2 Å². The third-order valence-corrected chi connectivity index (χ3v) is 3.60. The zero-order chi connectivity index (χ0) is 10.2. The molecule has 0 saturated heterocycles. The first-order chi connectivity index (χ1) is 6.63. The lowest BCUT2D eigenvalue weighted by Crippen LogP contribution is -2.27. The Labute approximate surface area is 87.0 Å². The highest BCUT2D eigenvalue weighted by Crippen LogP contribution is 2.29. The molecule has 74 valence electrons. The van der Waals surface area contributed by atoms with Crippen LogP contribution in [0.3, 0.4) is 0 Å². The lowest BCUT2D eigenvalue weighted by atomic mass is 9.95. The van der Waals surface area contributed by atoms with Crippen LogP contribution in [0.1, 0.15) is 18.9 Å². The molecule has 2 aromatic rings. The molecule has 0 radical (unpaired) electrons. The summed E-state index contributed by atoms with van der Waals surface area (Å²) in [5, 5.41) is 1.06. The summed E-state index contributed by atoms with van der Waals surface area (Å²) in [5.74, 6) is 0. The molecule has 0 bridgehead atoms. The first-order valence-corrected chi connectivity index (χ1v) is 5.37. The average molecular weight is 207 g/mol. The van der Waals surface area contributed by atoms with Gasteiger partial charge in [0, 0.05) is 18.2 Å². The molecular weight excluding hydrogens is 194 g/mol. The van der Waals surface area contributed by atoms with Crippen LogP contribution in [0.5, 0.6) is 0 Å². The van der Waals surface area contributed by atoms with Gasteiger partial charge < -0.3 is 5.73 Å². The second kappa shape index (κ2) is 3.29. The maximum atomic E-state index is 5.71. The highest BCUT2D eigenvalue weighted by Gasteiger charge is 2.23. The molecule has 14 heavy (non-hydrogen) atoms. The van der Waals surface area contributed by atoms with Gasteiger partial charge in [0.05, 0.1) is 0 Å². The maximum absolute atomic E-state index is 5.71. The van der Waals surface area contributed by atoms with Crippen LogP contribution in [0.25, 0.3) is 10.3 Å². The fourth-order valence-corrected chi connectivity index (χ4v) is 2.17. The molecule has 0 spiro atoms. The second-order valence-corrected chi connectivity index (χ2v) is 4.91. The number of fused-ring (bicyclic) bond motifs is 1. The Morgan fingerprint density at radius 2 is 2.29 bits per heavy atom. The Kier molecular flexibility index (Phi) is 2.25. The van der Waals surface area contributed by atoms with E-state index in [2.05, 4.69) is 23.8 Å². The van der Waals surface area contributed by atoms with Crippen molar-refractivity contribution in [3.63, 3.8) is 0 Å². The van der Waals surface area contributed by atoms with Crippen molar-refractivity contribution in [3.8, 4) is 0 Å². The van der Waals surface area contributed by atoms with Crippen LogP contribution in [0.2, 0.25) is 0 Å². The van der Waals surface area contributed by atoms with E-state index in [9.17, 15) is 0 Å². The summed E-state index contributed by atoms with van der Waals surface area (Å²) >= 11 is 1.63. The molecule has 0 atom stereocenters. The lowest BCUT2D eigenvalue weighted by Gasteiger charge is -2.18. The Morgan fingerprint density at radius 1 is 1.50 bits per heavy atom. The Balaban J connectivity index is 2.55. The summed E-state index contributed by atoms with van der Waals surface area (Å²) < 4.78 is 0. The average Bonchev–Trinajstić information content (AvgIpc) is 2.61. The van der Waals surface area contributed by atoms with Crippen molar-refractivity contribution in [2.24, 2.45) is 5.73 Å². The summed E-state index contributed by atoms with van der Waals surface area (Å²) in [6.45, 7) is 4.81. The fourth-order valence-electron chi connectivity index (χ4n) is 1.15. The summed E-state index contributed by atoms with van der Waals surface area (Å²) in [6, 6.07) is 3.89. The molecule has 2 rings (SSSR count). The zero-order valence-corrected chi connectivity index (χ0v) is 9.14. The Morgan fingerprint density at radius 3 is 2.93 bits per heavy atom. The lowest BCUT2D eigenvalue weighted by molar-refractivity contribution is 0.536. The van der Waals surface area contributed by atoms with Crippen LogP contribution < -0.4 is 5.73 Å². The van der Waals surface area contributed by atoms with E-state index in [-0.39, 0.29) is 5.41 Å². The van der Waals surface area contributed by atoms with Gasteiger partial charge in [-0.25, -0.2) is 9.97 Å². The van der Waals surface area contributed by atoms with Gasteiger partial charge in [0.25, 0.3) is 0 Å². The molecule has 2 heterocycles. The van der Waals surface area contributed by atoms with Crippen molar-refractivity contribution in [1.29, 1.82) is 0 Å². The number of rotatable bonds is 2. The largest absolute Gasteiger partial charge is 0.330 e. The normalized spacial score (nSPS) is 12.2. The molecule has 0 amide bonds. The minimum atomic E-state index is -0.0502. The van der Waals surface area contributed by atoms with Crippen molar-refractivity contribution in [2.75, 3.05) is 6.54 Å². The summed E-state index contributed by atoms with van der Waals surface area (Å²) in [5.41, 5.74) is 6.62. The van der Waals surface area contributed by atoms with Gasteiger partial charge in [0.1, 0.15) is 15.4 Å². The first kappa shape index (κ1) is 9.55. The van der Waals surface area contributed by atoms with Crippen LogP contribution in [-0.4, -0.2) is 16.5 Å². The molecule has 0 fully saturated rings. The van der Waals surface area contributed by atoms with Crippen molar-refractivity contribution >= 4 is 21.7 Å². The molecule has 2 aromatic heterocycles. The smallest absolute Gasteiger partial charge is 0.143 e. The van der Waals surface area contributed by atoms with Crippen LogP contribution in [0.15, 0.2) is 18.3 Å². The number of pyridine rings is 1. The van der Waals surface area contributed by atoms with Crippen LogP contribution >= 0.6 is 11.3 Å².